The first-order chi connectivity index (χ1) is 49.9. The van der Waals surface area contributed by atoms with Gasteiger partial charge in [-0.3, -0.25) is 28.8 Å². The van der Waals surface area contributed by atoms with Crippen LogP contribution in [0.2, 0.25) is 0 Å². The molecule has 32 heteroatoms. The molecule has 3 aromatic rings. The van der Waals surface area contributed by atoms with Crippen LogP contribution in [-0.2, 0) is 54.9 Å². The number of carboxylic acid groups (broad SMARTS) is 4. The summed E-state index contributed by atoms with van der Waals surface area (Å²) in [7, 11) is -3.42. The number of carbonyl (C=O) groups is 9. The van der Waals surface area contributed by atoms with Gasteiger partial charge in [-0.05, 0) is 149 Å². The van der Waals surface area contributed by atoms with E-state index < -0.39 is 63.3 Å². The number of hydrogen-bond donors (Lipinski definition) is 8. The number of aliphatic hydroxyl groups is 3. The summed E-state index contributed by atoms with van der Waals surface area (Å²) in [6, 6.07) is 3.36. The van der Waals surface area contributed by atoms with Crippen molar-refractivity contribution in [2.24, 2.45) is 17.8 Å². The summed E-state index contributed by atoms with van der Waals surface area (Å²) in [5, 5.41) is 74.6. The highest BCUT2D eigenvalue weighted by Crippen LogP contribution is 2.26. The Morgan fingerprint density at radius 1 is 0.551 bits per heavy atom. The van der Waals surface area contributed by atoms with Crippen LogP contribution in [0.15, 0.2) is 31.8 Å². The molecule has 8 N–H and O–H groups in total. The standard InChI is InChI=1S/C12H16N2O4.C10H17NO3.C9H15NO3.C9H17NO.C8H15NO4S.C8H11NO2.C7H11NO2.C7H16O2.C5H13NO/c1-7(2)8-6-10(18-13-8)11(15)14-5-3-4-9(14)12(16)17;1-7(2)6-9(12)11-5-3-4-8(11)10(13)14;1-6(2)8(11)10-5-3-4-7(10)9(12)13;1-7(2)10-5-4-9(6-10)8(3)11;1-6(2)14(12,13)9-5-3-4-7(9)8(10)11;1-5(2)7-4-8(6(3)10)11-9-7;1-5(2)7-3-6(4-9)10-8-7;1-7(2)9-6-4-3-5-8;1-5(2)6-3-4-7/h6-7,9H,3-5H2,1-2H3,(H,16,17);7-8H,3-6H2,1-2H3,(H,13,14);6-7H,3-5H2,1-2H3,(H,12,13);7,9H,4-6H2,1-3H3;6-7H,3-5H2,1-2H3,(H,10,11);4-5H,1-3H3;3,5,9H,4H2,1-2H3;7-8H,3-6H2,1-2H3;5-7H,3-4H2,1-2H3/t9-;8-;7-;;7-;;;;/m111.1..../s1. The minimum absolute atomic E-state index is 0.0232. The predicted octanol–water partition coefficient (Wildman–Crippen LogP) is 9.34. The van der Waals surface area contributed by atoms with Gasteiger partial charge in [-0.1, -0.05) is 98.6 Å². The third-order valence-corrected chi connectivity index (χ3v) is 19.6. The second kappa shape index (κ2) is 52.1. The van der Waals surface area contributed by atoms with Crippen molar-refractivity contribution in [2.75, 3.05) is 65.6 Å². The molecular weight excluding hydrogens is 1410 g/mol. The van der Waals surface area contributed by atoms with E-state index in [4.69, 9.17) is 54.1 Å². The van der Waals surface area contributed by atoms with Gasteiger partial charge in [0.05, 0.1) is 35.0 Å². The average Bonchev–Trinajstić information content (AvgIpc) is 1.71. The number of amides is 3. The van der Waals surface area contributed by atoms with Gasteiger partial charge in [-0.15, -0.1) is 0 Å². The van der Waals surface area contributed by atoms with Gasteiger partial charge in [0.25, 0.3) is 5.91 Å². The van der Waals surface area contributed by atoms with Crippen molar-refractivity contribution in [2.45, 2.75) is 287 Å². The molecule has 31 nitrogen and oxygen atoms in total. The molecule has 614 valence electrons. The number of unbranched alkanes of at least 4 members (excludes halogenated alkanes) is 1. The fourth-order valence-corrected chi connectivity index (χ4v) is 12.4. The number of ether oxygens (including phenoxy) is 1. The number of ketones is 2. The molecule has 0 bridgehead atoms. The molecule has 0 saturated carbocycles. The molecule has 5 aliphatic heterocycles. The van der Waals surface area contributed by atoms with E-state index in [1.165, 1.54) is 21.6 Å². The summed E-state index contributed by atoms with van der Waals surface area (Å²) in [6.45, 7) is 44.2. The van der Waals surface area contributed by atoms with Crippen LogP contribution in [0.25, 0.3) is 0 Å². The van der Waals surface area contributed by atoms with Crippen molar-refractivity contribution in [3.63, 3.8) is 0 Å². The average molecular weight is 1540 g/mol. The molecule has 107 heavy (non-hydrogen) atoms. The van der Waals surface area contributed by atoms with E-state index >= 15 is 0 Å². The molecule has 8 rings (SSSR count). The van der Waals surface area contributed by atoms with E-state index in [1.807, 2.05) is 69.2 Å². The summed E-state index contributed by atoms with van der Waals surface area (Å²) in [5.74, 6) is -1.63. The Bertz CT molecular complexity index is 3220. The first-order valence-electron chi connectivity index (χ1n) is 37.6. The van der Waals surface area contributed by atoms with Crippen molar-refractivity contribution >= 4 is 63.2 Å². The summed E-state index contributed by atoms with van der Waals surface area (Å²) in [6.07, 6.45) is 8.69. The lowest BCUT2D eigenvalue weighted by atomic mass is 10.1. The smallest absolute Gasteiger partial charge is 0.326 e. The van der Waals surface area contributed by atoms with E-state index in [0.29, 0.717) is 137 Å². The zero-order valence-electron chi connectivity index (χ0n) is 67.3. The Morgan fingerprint density at radius 2 is 1.00 bits per heavy atom. The molecule has 0 spiro atoms. The maximum Gasteiger partial charge on any atom is 0.326 e. The predicted molar refractivity (Wildman–Crippen MR) is 403 cm³/mol. The minimum Gasteiger partial charge on any atom is -0.480 e. The molecule has 3 aromatic heterocycles. The summed E-state index contributed by atoms with van der Waals surface area (Å²) in [4.78, 5) is 107. The number of carboxylic acids is 4. The fourth-order valence-electron chi connectivity index (χ4n) is 10.9. The molecule has 5 atom stereocenters. The highest BCUT2D eigenvalue weighted by atomic mass is 32.2. The van der Waals surface area contributed by atoms with Crippen LogP contribution in [0.4, 0.5) is 0 Å². The van der Waals surface area contributed by atoms with Gasteiger partial charge >= 0.3 is 23.9 Å². The van der Waals surface area contributed by atoms with E-state index in [1.54, 1.807) is 52.8 Å². The van der Waals surface area contributed by atoms with Gasteiger partial charge in [-0.25, -0.2) is 22.8 Å². The lowest BCUT2D eigenvalue weighted by molar-refractivity contribution is -0.149. The molecule has 3 amide bonds. The number of aliphatic carboxylic acids is 4. The lowest BCUT2D eigenvalue weighted by Crippen LogP contribution is -2.43. The van der Waals surface area contributed by atoms with Gasteiger partial charge in [0.1, 0.15) is 36.6 Å². The van der Waals surface area contributed by atoms with Gasteiger partial charge < -0.3 is 79.0 Å². The van der Waals surface area contributed by atoms with E-state index in [9.17, 15) is 51.6 Å². The minimum atomic E-state index is -3.42. The van der Waals surface area contributed by atoms with Crippen LogP contribution in [0.3, 0.4) is 0 Å². The number of likely N-dealkylation sites (tertiary alicyclic amines) is 4. The maximum atomic E-state index is 12.1. The van der Waals surface area contributed by atoms with Crippen LogP contribution in [-0.4, -0.2) is 250 Å². The number of sulfonamides is 1. The Hall–Kier alpha value is -7.07. The highest BCUT2D eigenvalue weighted by Gasteiger charge is 2.41. The number of aliphatic hydroxyl groups excluding tert-OH is 3. The third-order valence-electron chi connectivity index (χ3n) is 17.3. The quantitative estimate of drug-likeness (QED) is 0.0289. The molecule has 0 aromatic carbocycles. The molecule has 1 unspecified atom stereocenters. The van der Waals surface area contributed by atoms with Gasteiger partial charge in [-0.2, -0.15) is 4.31 Å². The van der Waals surface area contributed by atoms with Crippen LogP contribution < -0.4 is 5.32 Å². The number of nitrogens with one attached hydrogen (secondary N) is 1. The molecule has 8 heterocycles. The second-order valence-corrected chi connectivity index (χ2v) is 32.0. The summed E-state index contributed by atoms with van der Waals surface area (Å²) in [5.41, 5.74) is 2.42. The fraction of sp³-hybridized carbons (Fsp3) is 0.760. The normalized spacial score (nSPS) is 18.4. The summed E-state index contributed by atoms with van der Waals surface area (Å²) >= 11 is 0. The van der Waals surface area contributed by atoms with Crippen LogP contribution in [0.5, 0.6) is 0 Å². The van der Waals surface area contributed by atoms with E-state index in [0.717, 1.165) is 67.5 Å². The lowest BCUT2D eigenvalue weighted by Gasteiger charge is -2.23. The van der Waals surface area contributed by atoms with Crippen LogP contribution in [0.1, 0.15) is 277 Å². The first-order valence-corrected chi connectivity index (χ1v) is 39.1. The highest BCUT2D eigenvalue weighted by molar-refractivity contribution is 7.89. The maximum absolute atomic E-state index is 12.1. The van der Waals surface area contributed by atoms with Gasteiger partial charge in [0, 0.05) is 108 Å². The van der Waals surface area contributed by atoms with Crippen molar-refractivity contribution in [1.82, 2.24) is 44.7 Å². The Morgan fingerprint density at radius 3 is 1.36 bits per heavy atom. The largest absolute Gasteiger partial charge is 0.480 e. The van der Waals surface area contributed by atoms with Crippen molar-refractivity contribution in [3.8, 4) is 0 Å². The van der Waals surface area contributed by atoms with Gasteiger partial charge in [0.2, 0.25) is 33.4 Å². The van der Waals surface area contributed by atoms with E-state index in [-0.39, 0.29) is 66.8 Å². The van der Waals surface area contributed by atoms with Crippen LogP contribution in [0, 0.1) is 17.8 Å². The zero-order valence-corrected chi connectivity index (χ0v) is 68.1. The molecule has 5 saturated heterocycles. The van der Waals surface area contributed by atoms with Crippen molar-refractivity contribution < 1.29 is 106 Å². The number of carbonyl (C=O) groups excluding carboxylic acids is 5. The number of Topliss-reactive ketones (excluding diaryl/α,β-unsaturated/α-hetero) is 2. The van der Waals surface area contributed by atoms with Gasteiger partial charge in [0.15, 0.2) is 11.5 Å². The Kier molecular flexibility index (Phi) is 48.7. The number of nitrogens with zero attached hydrogens (tertiary/aromatic N) is 8. The molecule has 5 aliphatic rings. The number of rotatable bonds is 25. The van der Waals surface area contributed by atoms with Crippen LogP contribution >= 0.6 is 0 Å². The summed E-state index contributed by atoms with van der Waals surface area (Å²) < 4.78 is 44.3. The second-order valence-electron chi connectivity index (χ2n) is 29.6. The van der Waals surface area contributed by atoms with E-state index in [2.05, 4.69) is 53.4 Å². The Labute approximate surface area is 634 Å². The van der Waals surface area contributed by atoms with Crippen molar-refractivity contribution in [3.05, 3.63) is 52.6 Å². The topological polar surface area (TPSA) is 445 Å². The number of hydrogen-bond acceptors (Lipinski definition) is 23. The monoisotopic (exact) mass is 1540 g/mol. The zero-order chi connectivity index (χ0) is 82.2. The molecule has 5 fully saturated rings. The Balaban J connectivity index is 0.00000119. The SMILES string of the molecule is CC(=O)C1CCN(C(C)C)C1.CC(=O)c1cc(C(C)C)no1.CC(C)C(=O)N1CCC[C@@H]1C(=O)O.CC(C)CC(=O)N1CCC[C@@H]1C(=O)O.CC(C)NCCO.CC(C)OCCCCO.CC(C)S(=O)(=O)N1CCC[C@@H]1C(=O)O.CC(C)c1cc(C(=O)N2CCC[C@@H]2C(=O)O)on1.CC(C)c1cc(CO)on1. The molecular formula is C75H131N9O22S. The third kappa shape index (κ3) is 37.7. The van der Waals surface area contributed by atoms with Crippen molar-refractivity contribution in [1.29, 1.82) is 0 Å². The molecule has 0 radical (unpaired) electrons. The first kappa shape index (κ1) is 99.9. The molecule has 0 aliphatic carbocycles. The number of aromatic nitrogens is 3.